The van der Waals surface area contributed by atoms with Crippen LogP contribution in [0.15, 0.2) is 30.3 Å². The summed E-state index contributed by atoms with van der Waals surface area (Å²) in [5.41, 5.74) is -0.348. The molecule has 2 fully saturated rings. The summed E-state index contributed by atoms with van der Waals surface area (Å²) < 4.78 is 9.74. The molecule has 1 aromatic rings. The maximum atomic E-state index is 13.1. The van der Waals surface area contributed by atoms with Gasteiger partial charge in [-0.05, 0) is 36.2 Å². The standard InChI is InChI=1S/C25H33N3O7/c1-16-11-24(2,3)15-25(12-16)22(32)28(23(33)27-25)13-20(30)35-14-19(29)26-18(21(31)34-4)10-17-8-6-5-7-9-17/h5-9,16,18H,10-15H2,1-4H3,(H,26,29)(H,27,33). The molecular formula is C25H33N3O7. The zero-order valence-electron chi connectivity index (χ0n) is 20.6. The van der Waals surface area contributed by atoms with Gasteiger partial charge in [-0.3, -0.25) is 19.3 Å². The molecule has 1 aliphatic carbocycles. The van der Waals surface area contributed by atoms with E-state index in [9.17, 15) is 24.0 Å². The monoisotopic (exact) mass is 487 g/mol. The highest BCUT2D eigenvalue weighted by Crippen LogP contribution is 2.46. The number of rotatable bonds is 8. The number of methoxy groups -OCH3 is 1. The van der Waals surface area contributed by atoms with Crippen LogP contribution in [0.3, 0.4) is 0 Å². The second kappa shape index (κ2) is 10.5. The number of benzene rings is 1. The fourth-order valence-electron chi connectivity index (χ4n) is 5.39. The van der Waals surface area contributed by atoms with E-state index in [0.29, 0.717) is 12.8 Å². The molecule has 1 saturated heterocycles. The van der Waals surface area contributed by atoms with Crippen LogP contribution in [-0.2, 0) is 35.1 Å². The van der Waals surface area contributed by atoms with E-state index in [2.05, 4.69) is 24.5 Å². The Balaban J connectivity index is 1.54. The fraction of sp³-hybridized carbons (Fsp3) is 0.560. The van der Waals surface area contributed by atoms with Crippen molar-refractivity contribution < 1.29 is 33.4 Å². The van der Waals surface area contributed by atoms with Crippen LogP contribution in [0.1, 0.15) is 45.6 Å². The van der Waals surface area contributed by atoms with Crippen LogP contribution in [0, 0.1) is 11.3 Å². The zero-order chi connectivity index (χ0) is 25.8. The predicted molar refractivity (Wildman–Crippen MR) is 125 cm³/mol. The van der Waals surface area contributed by atoms with Crippen LogP contribution < -0.4 is 10.6 Å². The van der Waals surface area contributed by atoms with E-state index < -0.39 is 54.5 Å². The van der Waals surface area contributed by atoms with E-state index in [1.807, 2.05) is 25.1 Å². The zero-order valence-corrected chi connectivity index (χ0v) is 20.6. The minimum Gasteiger partial charge on any atom is -0.467 e. The van der Waals surface area contributed by atoms with E-state index >= 15 is 0 Å². The molecule has 4 amide bonds. The van der Waals surface area contributed by atoms with Crippen LogP contribution in [0.25, 0.3) is 0 Å². The Labute approximate surface area is 204 Å². The average molecular weight is 488 g/mol. The number of hydrogen-bond acceptors (Lipinski definition) is 7. The number of esters is 2. The number of ether oxygens (including phenoxy) is 2. The van der Waals surface area contributed by atoms with Crippen molar-refractivity contribution >= 4 is 29.8 Å². The first-order valence-corrected chi connectivity index (χ1v) is 11.7. The summed E-state index contributed by atoms with van der Waals surface area (Å²) in [6.45, 7) is 4.88. The van der Waals surface area contributed by atoms with Gasteiger partial charge in [-0.2, -0.15) is 0 Å². The Bertz CT molecular complexity index is 994. The lowest BCUT2D eigenvalue weighted by molar-refractivity contribution is -0.152. The van der Waals surface area contributed by atoms with Crippen LogP contribution >= 0.6 is 0 Å². The maximum Gasteiger partial charge on any atom is 0.328 e. The second-order valence-electron chi connectivity index (χ2n) is 10.3. The van der Waals surface area contributed by atoms with Gasteiger partial charge in [0.1, 0.15) is 18.1 Å². The molecule has 0 aromatic heterocycles. The van der Waals surface area contributed by atoms with E-state index in [4.69, 9.17) is 9.47 Å². The molecule has 1 heterocycles. The van der Waals surface area contributed by atoms with Gasteiger partial charge in [0.25, 0.3) is 11.8 Å². The van der Waals surface area contributed by atoms with Crippen LogP contribution in [0.2, 0.25) is 0 Å². The molecule has 1 aliphatic heterocycles. The third-order valence-corrected chi connectivity index (χ3v) is 6.38. The fourth-order valence-corrected chi connectivity index (χ4v) is 5.39. The minimum absolute atomic E-state index is 0.134. The van der Waals surface area contributed by atoms with Crippen molar-refractivity contribution in [1.29, 1.82) is 0 Å². The molecule has 1 saturated carbocycles. The molecule has 0 bridgehead atoms. The number of hydrogen-bond donors (Lipinski definition) is 2. The molecule has 1 aromatic carbocycles. The summed E-state index contributed by atoms with van der Waals surface area (Å²) in [5, 5.41) is 5.29. The Morgan fingerprint density at radius 3 is 2.49 bits per heavy atom. The highest BCUT2D eigenvalue weighted by atomic mass is 16.5. The highest BCUT2D eigenvalue weighted by Gasteiger charge is 2.56. The van der Waals surface area contributed by atoms with Gasteiger partial charge < -0.3 is 20.1 Å². The third kappa shape index (κ3) is 6.37. The Morgan fingerprint density at radius 2 is 1.86 bits per heavy atom. The molecule has 3 unspecified atom stereocenters. The van der Waals surface area contributed by atoms with E-state index in [1.54, 1.807) is 12.1 Å². The van der Waals surface area contributed by atoms with E-state index in [1.165, 1.54) is 7.11 Å². The topological polar surface area (TPSA) is 131 Å². The Hall–Kier alpha value is -3.43. The first-order chi connectivity index (χ1) is 16.4. The van der Waals surface area contributed by atoms with Crippen molar-refractivity contribution in [3.8, 4) is 0 Å². The summed E-state index contributed by atoms with van der Waals surface area (Å²) in [6, 6.07) is 7.45. The summed E-state index contributed by atoms with van der Waals surface area (Å²) in [5.74, 6) is -2.46. The molecule has 2 N–H and O–H groups in total. The summed E-state index contributed by atoms with van der Waals surface area (Å²) in [7, 11) is 1.21. The highest BCUT2D eigenvalue weighted by molar-refractivity contribution is 6.08. The van der Waals surface area contributed by atoms with E-state index in [0.717, 1.165) is 16.9 Å². The lowest BCUT2D eigenvalue weighted by Crippen LogP contribution is -2.54. The van der Waals surface area contributed by atoms with Crippen molar-refractivity contribution in [2.75, 3.05) is 20.3 Å². The molecule has 10 heteroatoms. The van der Waals surface area contributed by atoms with Gasteiger partial charge in [-0.15, -0.1) is 0 Å². The van der Waals surface area contributed by atoms with Crippen LogP contribution in [0.4, 0.5) is 4.79 Å². The van der Waals surface area contributed by atoms with Gasteiger partial charge in [0, 0.05) is 6.42 Å². The van der Waals surface area contributed by atoms with Gasteiger partial charge in [0.15, 0.2) is 6.61 Å². The molecule has 35 heavy (non-hydrogen) atoms. The molecule has 3 rings (SSSR count). The van der Waals surface area contributed by atoms with Gasteiger partial charge in [0.05, 0.1) is 7.11 Å². The van der Waals surface area contributed by atoms with Crippen molar-refractivity contribution in [2.45, 2.75) is 58.0 Å². The van der Waals surface area contributed by atoms with Crippen molar-refractivity contribution in [2.24, 2.45) is 11.3 Å². The molecule has 3 atom stereocenters. The predicted octanol–water partition coefficient (Wildman–Crippen LogP) is 1.57. The second-order valence-corrected chi connectivity index (χ2v) is 10.3. The van der Waals surface area contributed by atoms with Crippen LogP contribution in [-0.4, -0.2) is 66.5 Å². The maximum absolute atomic E-state index is 13.1. The smallest absolute Gasteiger partial charge is 0.328 e. The lowest BCUT2D eigenvalue weighted by atomic mass is 9.64. The minimum atomic E-state index is -1.03. The quantitative estimate of drug-likeness (QED) is 0.420. The van der Waals surface area contributed by atoms with Crippen molar-refractivity contribution in [1.82, 2.24) is 15.5 Å². The Morgan fingerprint density at radius 1 is 1.17 bits per heavy atom. The number of carbonyl (C=O) groups is 5. The number of nitrogens with one attached hydrogen (secondary N) is 2. The molecule has 1 spiro atoms. The van der Waals surface area contributed by atoms with Gasteiger partial charge >= 0.3 is 18.0 Å². The summed E-state index contributed by atoms with van der Waals surface area (Å²) in [4.78, 5) is 63.3. The SMILES string of the molecule is COC(=O)C(Cc1ccccc1)NC(=O)COC(=O)CN1C(=O)NC2(CC(C)CC(C)(C)C2)C1=O. The van der Waals surface area contributed by atoms with Gasteiger partial charge in [0.2, 0.25) is 0 Å². The first-order valence-electron chi connectivity index (χ1n) is 11.7. The van der Waals surface area contributed by atoms with Gasteiger partial charge in [-0.1, -0.05) is 51.1 Å². The number of amides is 4. The normalized spacial score (nSPS) is 24.0. The number of urea groups is 1. The third-order valence-electron chi connectivity index (χ3n) is 6.38. The molecule has 0 radical (unpaired) electrons. The largest absolute Gasteiger partial charge is 0.467 e. The summed E-state index contributed by atoms with van der Waals surface area (Å²) >= 11 is 0. The number of nitrogens with zero attached hydrogens (tertiary/aromatic N) is 1. The first kappa shape index (κ1) is 26.2. The molecule has 190 valence electrons. The summed E-state index contributed by atoms with van der Waals surface area (Å²) in [6.07, 6.45) is 2.13. The van der Waals surface area contributed by atoms with E-state index in [-0.39, 0.29) is 17.8 Å². The van der Waals surface area contributed by atoms with Crippen molar-refractivity contribution in [3.63, 3.8) is 0 Å². The van der Waals surface area contributed by atoms with Crippen LogP contribution in [0.5, 0.6) is 0 Å². The Kier molecular flexibility index (Phi) is 7.82. The number of carbonyl (C=O) groups excluding carboxylic acids is 5. The average Bonchev–Trinajstić information content (AvgIpc) is 2.99. The number of imide groups is 1. The lowest BCUT2D eigenvalue weighted by Gasteiger charge is -2.43. The molecular weight excluding hydrogens is 454 g/mol. The molecule has 2 aliphatic rings. The van der Waals surface area contributed by atoms with Gasteiger partial charge in [-0.25, -0.2) is 9.59 Å². The molecule has 10 nitrogen and oxygen atoms in total. The van der Waals surface area contributed by atoms with Crippen molar-refractivity contribution in [3.05, 3.63) is 35.9 Å².